The van der Waals surface area contributed by atoms with Gasteiger partial charge in [-0.15, -0.1) is 0 Å². The van der Waals surface area contributed by atoms with Crippen molar-refractivity contribution in [3.05, 3.63) is 40.4 Å². The molecule has 19 heavy (non-hydrogen) atoms. The lowest BCUT2D eigenvalue weighted by Crippen LogP contribution is -2.44. The Morgan fingerprint density at radius 3 is 2.63 bits per heavy atom. The summed E-state index contributed by atoms with van der Waals surface area (Å²) >= 11 is 0. The molecule has 1 aromatic carbocycles. The molecule has 0 aliphatic heterocycles. The van der Waals surface area contributed by atoms with Crippen LogP contribution in [0.5, 0.6) is 0 Å². The predicted octanol–water partition coefficient (Wildman–Crippen LogP) is 2.05. The lowest BCUT2D eigenvalue weighted by Gasteiger charge is -2.32. The van der Waals surface area contributed by atoms with Crippen molar-refractivity contribution < 1.29 is 0 Å². The van der Waals surface area contributed by atoms with Gasteiger partial charge in [-0.2, -0.15) is 0 Å². The van der Waals surface area contributed by atoms with Crippen LogP contribution in [-0.4, -0.2) is 34.1 Å². The lowest BCUT2D eigenvalue weighted by molar-refractivity contribution is 0.167. The van der Waals surface area contributed by atoms with E-state index in [4.69, 9.17) is 0 Å². The minimum atomic E-state index is -0.0954. The van der Waals surface area contributed by atoms with E-state index < -0.39 is 0 Å². The van der Waals surface area contributed by atoms with E-state index in [0.717, 1.165) is 16.5 Å². The summed E-state index contributed by atoms with van der Waals surface area (Å²) < 4.78 is 1.70. The molecular formula is C15H21N3O. The number of likely N-dealkylation sites (N-methyl/N-ethyl adjacent to an activating group) is 1. The van der Waals surface area contributed by atoms with Crippen LogP contribution < -0.4 is 5.56 Å². The van der Waals surface area contributed by atoms with Gasteiger partial charge in [0.15, 0.2) is 0 Å². The molecule has 1 aromatic heterocycles. The van der Waals surface area contributed by atoms with Crippen molar-refractivity contribution in [2.24, 2.45) is 0 Å². The molecule has 0 atom stereocenters. The Balaban J connectivity index is 2.55. The third kappa shape index (κ3) is 2.54. The molecule has 0 unspecified atom stereocenters. The molecule has 0 spiro atoms. The number of hydrogen-bond acceptors (Lipinski definition) is 3. The fraction of sp³-hybridized carbons (Fsp3) is 0.467. The van der Waals surface area contributed by atoms with Crippen molar-refractivity contribution in [2.45, 2.75) is 32.9 Å². The molecule has 0 N–H and O–H groups in total. The van der Waals surface area contributed by atoms with Gasteiger partial charge in [0, 0.05) is 12.1 Å². The van der Waals surface area contributed by atoms with Crippen LogP contribution in [0.3, 0.4) is 0 Å². The van der Waals surface area contributed by atoms with Crippen LogP contribution in [0, 0.1) is 6.92 Å². The number of aromatic nitrogens is 2. The molecule has 2 aromatic rings. The number of nitrogens with zero attached hydrogens (tertiary/aromatic N) is 3. The molecule has 0 saturated carbocycles. The third-order valence-electron chi connectivity index (χ3n) is 3.83. The average Bonchev–Trinajstić information content (AvgIpc) is 2.32. The Morgan fingerprint density at radius 1 is 1.32 bits per heavy atom. The zero-order chi connectivity index (χ0) is 14.2. The van der Waals surface area contributed by atoms with Gasteiger partial charge >= 0.3 is 0 Å². The Labute approximate surface area is 113 Å². The average molecular weight is 259 g/mol. The SMILES string of the molecule is Cc1cccc2ncn(CC(C)(C)N(C)C)c(=O)c12. The van der Waals surface area contributed by atoms with E-state index in [9.17, 15) is 4.79 Å². The summed E-state index contributed by atoms with van der Waals surface area (Å²) in [5.74, 6) is 0. The van der Waals surface area contributed by atoms with E-state index in [1.807, 2.05) is 39.2 Å². The first-order valence-electron chi connectivity index (χ1n) is 6.45. The quantitative estimate of drug-likeness (QED) is 0.846. The highest BCUT2D eigenvalue weighted by atomic mass is 16.1. The second kappa shape index (κ2) is 4.78. The summed E-state index contributed by atoms with van der Waals surface area (Å²) in [4.78, 5) is 19.1. The zero-order valence-corrected chi connectivity index (χ0v) is 12.3. The molecule has 102 valence electrons. The molecule has 0 bridgehead atoms. The fourth-order valence-electron chi connectivity index (χ4n) is 2.04. The smallest absolute Gasteiger partial charge is 0.261 e. The fourth-order valence-corrected chi connectivity index (χ4v) is 2.04. The maximum absolute atomic E-state index is 12.6. The van der Waals surface area contributed by atoms with E-state index >= 15 is 0 Å². The molecule has 0 saturated heterocycles. The first-order chi connectivity index (χ1) is 8.83. The monoisotopic (exact) mass is 259 g/mol. The van der Waals surface area contributed by atoms with Crippen molar-refractivity contribution in [3.8, 4) is 0 Å². The van der Waals surface area contributed by atoms with Crippen molar-refractivity contribution in [1.29, 1.82) is 0 Å². The molecule has 4 heteroatoms. The second-order valence-corrected chi connectivity index (χ2v) is 5.85. The Kier molecular flexibility index (Phi) is 3.45. The molecule has 0 radical (unpaired) electrons. The van der Waals surface area contributed by atoms with Crippen LogP contribution in [0.15, 0.2) is 29.3 Å². The van der Waals surface area contributed by atoms with Gasteiger partial charge in [0.2, 0.25) is 0 Å². The molecular weight excluding hydrogens is 238 g/mol. The molecule has 0 fully saturated rings. The summed E-state index contributed by atoms with van der Waals surface area (Å²) in [7, 11) is 4.04. The number of benzene rings is 1. The molecule has 0 aliphatic carbocycles. The highest BCUT2D eigenvalue weighted by molar-refractivity contribution is 5.80. The van der Waals surface area contributed by atoms with Crippen LogP contribution in [0.1, 0.15) is 19.4 Å². The summed E-state index contributed by atoms with van der Waals surface area (Å²) in [6.07, 6.45) is 1.65. The van der Waals surface area contributed by atoms with Crippen molar-refractivity contribution in [2.75, 3.05) is 14.1 Å². The van der Waals surface area contributed by atoms with E-state index in [2.05, 4.69) is 23.7 Å². The number of fused-ring (bicyclic) bond motifs is 1. The predicted molar refractivity (Wildman–Crippen MR) is 78.5 cm³/mol. The van der Waals surface area contributed by atoms with E-state index in [1.54, 1.807) is 10.9 Å². The number of aryl methyl sites for hydroxylation is 1. The third-order valence-corrected chi connectivity index (χ3v) is 3.83. The van der Waals surface area contributed by atoms with Crippen LogP contribution in [0.25, 0.3) is 10.9 Å². The van der Waals surface area contributed by atoms with Gasteiger partial charge in [0.05, 0.1) is 17.2 Å². The molecule has 0 amide bonds. The van der Waals surface area contributed by atoms with Crippen LogP contribution >= 0.6 is 0 Å². The largest absolute Gasteiger partial charge is 0.302 e. The van der Waals surface area contributed by atoms with Crippen molar-refractivity contribution >= 4 is 10.9 Å². The van der Waals surface area contributed by atoms with Gasteiger partial charge in [-0.3, -0.25) is 9.36 Å². The summed E-state index contributed by atoms with van der Waals surface area (Å²) in [6, 6.07) is 5.76. The first kappa shape index (κ1) is 13.7. The van der Waals surface area contributed by atoms with E-state index in [1.165, 1.54) is 0 Å². The minimum absolute atomic E-state index is 0.0398. The summed E-state index contributed by atoms with van der Waals surface area (Å²) in [5.41, 5.74) is 1.69. The topological polar surface area (TPSA) is 38.1 Å². The summed E-state index contributed by atoms with van der Waals surface area (Å²) in [6.45, 7) is 6.80. The van der Waals surface area contributed by atoms with Crippen LogP contribution in [-0.2, 0) is 6.54 Å². The normalized spacial score (nSPS) is 12.3. The van der Waals surface area contributed by atoms with Gasteiger partial charge in [-0.25, -0.2) is 4.98 Å². The number of rotatable bonds is 3. The van der Waals surface area contributed by atoms with Gasteiger partial charge in [-0.1, -0.05) is 12.1 Å². The van der Waals surface area contributed by atoms with Gasteiger partial charge in [0.25, 0.3) is 5.56 Å². The summed E-state index contributed by atoms with van der Waals surface area (Å²) in [5, 5.41) is 0.722. The van der Waals surface area contributed by atoms with Gasteiger partial charge < -0.3 is 4.90 Å². The molecule has 2 rings (SSSR count). The Morgan fingerprint density at radius 2 is 2.00 bits per heavy atom. The minimum Gasteiger partial charge on any atom is -0.302 e. The molecule has 0 aliphatic rings. The highest BCUT2D eigenvalue weighted by Gasteiger charge is 2.22. The van der Waals surface area contributed by atoms with Gasteiger partial charge in [0.1, 0.15) is 0 Å². The maximum Gasteiger partial charge on any atom is 0.261 e. The first-order valence-corrected chi connectivity index (χ1v) is 6.45. The van der Waals surface area contributed by atoms with Crippen LogP contribution in [0.4, 0.5) is 0 Å². The van der Waals surface area contributed by atoms with E-state index in [0.29, 0.717) is 6.54 Å². The zero-order valence-electron chi connectivity index (χ0n) is 12.3. The van der Waals surface area contributed by atoms with Crippen LogP contribution in [0.2, 0.25) is 0 Å². The molecule has 1 heterocycles. The van der Waals surface area contributed by atoms with Gasteiger partial charge in [-0.05, 0) is 46.5 Å². The second-order valence-electron chi connectivity index (χ2n) is 5.85. The highest BCUT2D eigenvalue weighted by Crippen LogP contribution is 2.14. The van der Waals surface area contributed by atoms with Crippen molar-refractivity contribution in [3.63, 3.8) is 0 Å². The Hall–Kier alpha value is -1.68. The lowest BCUT2D eigenvalue weighted by atomic mass is 10.0. The molecule has 4 nitrogen and oxygen atoms in total. The van der Waals surface area contributed by atoms with E-state index in [-0.39, 0.29) is 11.1 Å². The number of hydrogen-bond donors (Lipinski definition) is 0. The Bertz CT molecular complexity index is 656. The maximum atomic E-state index is 12.6. The van der Waals surface area contributed by atoms with Crippen molar-refractivity contribution in [1.82, 2.24) is 14.5 Å². The standard InChI is InChI=1S/C15H21N3O/c1-11-7-6-8-12-13(11)14(19)18(10-16-12)9-15(2,3)17(4)5/h6-8,10H,9H2,1-5H3.